The van der Waals surface area contributed by atoms with Crippen LogP contribution in [-0.4, -0.2) is 48.2 Å². The molecule has 20 heavy (non-hydrogen) atoms. The number of amides is 1. The molecule has 0 bridgehead atoms. The summed E-state index contributed by atoms with van der Waals surface area (Å²) in [6.07, 6.45) is 1.16. The maximum Gasteiger partial charge on any atom is 0.339 e. The van der Waals surface area contributed by atoms with Gasteiger partial charge >= 0.3 is 11.9 Å². The van der Waals surface area contributed by atoms with Crippen LogP contribution in [-0.2, 0) is 9.53 Å². The highest BCUT2D eigenvalue weighted by atomic mass is 16.5. The second kappa shape index (κ2) is 7.07. The van der Waals surface area contributed by atoms with Crippen molar-refractivity contribution in [3.8, 4) is 5.75 Å². The lowest BCUT2D eigenvalue weighted by Gasteiger charge is -2.09. The molecule has 8 heteroatoms. The number of rotatable bonds is 6. The summed E-state index contributed by atoms with van der Waals surface area (Å²) < 4.78 is 9.76. The normalized spacial score (nSPS) is 9.70. The summed E-state index contributed by atoms with van der Waals surface area (Å²) in [6.45, 7) is 1.33. The van der Waals surface area contributed by atoms with Gasteiger partial charge in [0.15, 0.2) is 11.4 Å². The number of hydrogen-bond donors (Lipinski definition) is 2. The Labute approximate surface area is 114 Å². The molecule has 1 aromatic heterocycles. The number of aliphatic carboxylic acids is 1. The van der Waals surface area contributed by atoms with E-state index in [-0.39, 0.29) is 23.6 Å². The molecule has 0 aromatic carbocycles. The molecule has 8 nitrogen and oxygen atoms in total. The fourth-order valence-electron chi connectivity index (χ4n) is 1.34. The van der Waals surface area contributed by atoms with Gasteiger partial charge in [-0.3, -0.25) is 9.59 Å². The first kappa shape index (κ1) is 15.4. The summed E-state index contributed by atoms with van der Waals surface area (Å²) in [4.78, 5) is 37.4. The molecule has 1 rings (SSSR count). The third-order valence-electron chi connectivity index (χ3n) is 2.20. The van der Waals surface area contributed by atoms with E-state index in [4.69, 9.17) is 14.6 Å². The number of carboxylic acids is 1. The van der Waals surface area contributed by atoms with Gasteiger partial charge in [-0.05, 0) is 13.0 Å². The predicted octanol–water partition coefficient (Wildman–Crippen LogP) is 0.0813. The molecule has 0 aliphatic heterocycles. The number of ether oxygens (including phenoxy) is 2. The van der Waals surface area contributed by atoms with Gasteiger partial charge in [-0.2, -0.15) is 0 Å². The molecule has 0 fully saturated rings. The average molecular weight is 282 g/mol. The molecular formula is C12H14N2O6. The Hall–Kier alpha value is -2.64. The van der Waals surface area contributed by atoms with E-state index >= 15 is 0 Å². The van der Waals surface area contributed by atoms with Gasteiger partial charge in [0.1, 0.15) is 6.54 Å². The van der Waals surface area contributed by atoms with Gasteiger partial charge in [0.2, 0.25) is 0 Å². The molecule has 0 radical (unpaired) electrons. The standard InChI is InChI=1S/C12H14N2O6/c1-3-20-12(18)7-4-8(19-2)10(13-5-7)11(17)14-6-9(15)16/h4-5H,3,6H2,1-2H3,(H,14,17)(H,15,16). The Morgan fingerprint density at radius 1 is 1.40 bits per heavy atom. The van der Waals surface area contributed by atoms with Crippen molar-refractivity contribution in [1.82, 2.24) is 10.3 Å². The maximum absolute atomic E-state index is 11.7. The number of pyridine rings is 1. The molecule has 0 aliphatic rings. The maximum atomic E-state index is 11.7. The van der Waals surface area contributed by atoms with Crippen LogP contribution in [0.1, 0.15) is 27.8 Å². The fraction of sp³-hybridized carbons (Fsp3) is 0.333. The van der Waals surface area contributed by atoms with Crippen molar-refractivity contribution in [2.45, 2.75) is 6.92 Å². The number of carboxylic acid groups (broad SMARTS) is 1. The van der Waals surface area contributed by atoms with Gasteiger partial charge in [-0.1, -0.05) is 0 Å². The molecule has 108 valence electrons. The highest BCUT2D eigenvalue weighted by molar-refractivity contribution is 5.98. The summed E-state index contributed by atoms with van der Waals surface area (Å²) in [5.74, 6) is -2.42. The summed E-state index contributed by atoms with van der Waals surface area (Å²) in [6, 6.07) is 1.31. The van der Waals surface area contributed by atoms with E-state index in [2.05, 4.69) is 10.3 Å². The van der Waals surface area contributed by atoms with Crippen LogP contribution in [0, 0.1) is 0 Å². The molecule has 0 saturated carbocycles. The smallest absolute Gasteiger partial charge is 0.339 e. The number of nitrogens with one attached hydrogen (secondary N) is 1. The van der Waals surface area contributed by atoms with Gasteiger partial charge < -0.3 is 19.9 Å². The molecule has 0 atom stereocenters. The first-order valence-electron chi connectivity index (χ1n) is 5.70. The van der Waals surface area contributed by atoms with Gasteiger partial charge in [0.25, 0.3) is 5.91 Å². The SMILES string of the molecule is CCOC(=O)c1cnc(C(=O)NCC(=O)O)c(OC)c1. The second-order valence-corrected chi connectivity index (χ2v) is 3.57. The van der Waals surface area contributed by atoms with E-state index in [1.165, 1.54) is 13.2 Å². The Morgan fingerprint density at radius 3 is 2.65 bits per heavy atom. The summed E-state index contributed by atoms with van der Waals surface area (Å²) in [7, 11) is 1.31. The number of esters is 1. The van der Waals surface area contributed by atoms with E-state index in [1.807, 2.05) is 0 Å². The van der Waals surface area contributed by atoms with E-state index in [1.54, 1.807) is 6.92 Å². The Bertz CT molecular complexity index is 529. The lowest BCUT2D eigenvalue weighted by molar-refractivity contribution is -0.135. The lowest BCUT2D eigenvalue weighted by Crippen LogP contribution is -2.30. The number of carbonyl (C=O) groups excluding carboxylic acids is 2. The largest absolute Gasteiger partial charge is 0.494 e. The Morgan fingerprint density at radius 2 is 2.10 bits per heavy atom. The Balaban J connectivity index is 2.95. The van der Waals surface area contributed by atoms with Gasteiger partial charge in [-0.25, -0.2) is 9.78 Å². The van der Waals surface area contributed by atoms with Crippen molar-refractivity contribution in [2.24, 2.45) is 0 Å². The van der Waals surface area contributed by atoms with E-state index in [0.717, 1.165) is 6.20 Å². The van der Waals surface area contributed by atoms with Crippen molar-refractivity contribution >= 4 is 17.8 Å². The molecule has 1 aromatic rings. The zero-order valence-corrected chi connectivity index (χ0v) is 11.0. The van der Waals surface area contributed by atoms with Gasteiger partial charge in [-0.15, -0.1) is 0 Å². The van der Waals surface area contributed by atoms with Crippen molar-refractivity contribution < 1.29 is 29.0 Å². The van der Waals surface area contributed by atoms with Gasteiger partial charge in [0.05, 0.1) is 19.3 Å². The van der Waals surface area contributed by atoms with Crippen molar-refractivity contribution in [3.05, 3.63) is 23.5 Å². The third kappa shape index (κ3) is 3.94. The predicted molar refractivity (Wildman–Crippen MR) is 66.7 cm³/mol. The summed E-state index contributed by atoms with van der Waals surface area (Å²) >= 11 is 0. The molecule has 0 spiro atoms. The molecular weight excluding hydrogens is 268 g/mol. The lowest BCUT2D eigenvalue weighted by atomic mass is 10.2. The van der Waals surface area contributed by atoms with Crippen LogP contribution in [0.5, 0.6) is 5.75 Å². The van der Waals surface area contributed by atoms with Crippen LogP contribution in [0.3, 0.4) is 0 Å². The zero-order chi connectivity index (χ0) is 15.1. The van der Waals surface area contributed by atoms with Crippen molar-refractivity contribution in [3.63, 3.8) is 0 Å². The molecule has 0 aliphatic carbocycles. The highest BCUT2D eigenvalue weighted by Gasteiger charge is 2.18. The number of aromatic nitrogens is 1. The van der Waals surface area contributed by atoms with E-state index in [0.29, 0.717) is 0 Å². The topological polar surface area (TPSA) is 115 Å². The number of hydrogen-bond acceptors (Lipinski definition) is 6. The molecule has 0 unspecified atom stereocenters. The fourth-order valence-corrected chi connectivity index (χ4v) is 1.34. The third-order valence-corrected chi connectivity index (χ3v) is 2.20. The molecule has 2 N–H and O–H groups in total. The van der Waals surface area contributed by atoms with Crippen LogP contribution in [0.2, 0.25) is 0 Å². The van der Waals surface area contributed by atoms with Crippen molar-refractivity contribution in [2.75, 3.05) is 20.3 Å². The van der Waals surface area contributed by atoms with E-state index < -0.39 is 24.4 Å². The van der Waals surface area contributed by atoms with Crippen LogP contribution in [0.25, 0.3) is 0 Å². The average Bonchev–Trinajstić information content (AvgIpc) is 2.44. The minimum absolute atomic E-state index is 0.0541. The molecule has 1 amide bonds. The zero-order valence-electron chi connectivity index (χ0n) is 11.0. The molecule has 0 saturated heterocycles. The first-order valence-corrected chi connectivity index (χ1v) is 5.70. The van der Waals surface area contributed by atoms with Crippen LogP contribution in [0.4, 0.5) is 0 Å². The minimum Gasteiger partial charge on any atom is -0.494 e. The monoisotopic (exact) mass is 282 g/mol. The molecule has 1 heterocycles. The van der Waals surface area contributed by atoms with Crippen LogP contribution < -0.4 is 10.1 Å². The first-order chi connectivity index (χ1) is 9.49. The van der Waals surface area contributed by atoms with Gasteiger partial charge in [0, 0.05) is 6.20 Å². The summed E-state index contributed by atoms with van der Waals surface area (Å²) in [5.41, 5.74) is 0.0280. The minimum atomic E-state index is -1.18. The number of nitrogens with zero attached hydrogens (tertiary/aromatic N) is 1. The summed E-state index contributed by atoms with van der Waals surface area (Å²) in [5, 5.41) is 10.6. The second-order valence-electron chi connectivity index (χ2n) is 3.57. The van der Waals surface area contributed by atoms with Crippen LogP contribution in [0.15, 0.2) is 12.3 Å². The highest BCUT2D eigenvalue weighted by Crippen LogP contribution is 2.18. The van der Waals surface area contributed by atoms with Crippen LogP contribution >= 0.6 is 0 Å². The van der Waals surface area contributed by atoms with Crippen molar-refractivity contribution in [1.29, 1.82) is 0 Å². The van der Waals surface area contributed by atoms with E-state index in [9.17, 15) is 14.4 Å². The Kier molecular flexibility index (Phi) is 5.45. The quantitative estimate of drug-likeness (QED) is 0.710. The number of carbonyl (C=O) groups is 3. The number of methoxy groups -OCH3 is 1.